The van der Waals surface area contributed by atoms with E-state index in [1.807, 2.05) is 6.92 Å². The summed E-state index contributed by atoms with van der Waals surface area (Å²) in [7, 11) is 1.25. The van der Waals surface area contributed by atoms with E-state index in [4.69, 9.17) is 4.42 Å². The number of rotatable bonds is 2. The fraction of sp³-hybridized carbons (Fsp3) is 0.250. The number of methoxy groups -OCH3 is 1. The minimum Gasteiger partial charge on any atom is -0.462 e. The predicted molar refractivity (Wildman–Crippen MR) is 48.0 cm³/mol. The lowest BCUT2D eigenvalue weighted by Gasteiger charge is -1.90. The third kappa shape index (κ3) is 1.58. The topological polar surface area (TPSA) is 93.9 Å². The standard InChI is InChI=1S/C8H8N4O3/c1-4-5(3-9-10-4)6-11-12-7(15-6)8(13)14-2/h3H,1-2H3,(H,9,10). The van der Waals surface area contributed by atoms with Crippen molar-refractivity contribution in [2.45, 2.75) is 6.92 Å². The van der Waals surface area contributed by atoms with Crippen LogP contribution >= 0.6 is 0 Å². The summed E-state index contributed by atoms with van der Waals surface area (Å²) in [5.74, 6) is -0.593. The van der Waals surface area contributed by atoms with Crippen LogP contribution < -0.4 is 0 Å². The molecule has 0 saturated heterocycles. The van der Waals surface area contributed by atoms with Crippen molar-refractivity contribution in [3.8, 4) is 11.5 Å². The molecule has 0 aliphatic carbocycles. The van der Waals surface area contributed by atoms with Gasteiger partial charge < -0.3 is 9.15 Å². The number of esters is 1. The molecule has 0 aliphatic rings. The van der Waals surface area contributed by atoms with Crippen LogP contribution in [0.1, 0.15) is 16.4 Å². The summed E-state index contributed by atoms with van der Waals surface area (Å²) in [5.41, 5.74) is 1.45. The molecular formula is C8H8N4O3. The largest absolute Gasteiger partial charge is 0.462 e. The van der Waals surface area contributed by atoms with E-state index in [9.17, 15) is 4.79 Å². The maximum atomic E-state index is 11.0. The van der Waals surface area contributed by atoms with Crippen molar-refractivity contribution in [2.75, 3.05) is 7.11 Å². The molecule has 78 valence electrons. The number of nitrogens with one attached hydrogen (secondary N) is 1. The van der Waals surface area contributed by atoms with E-state index < -0.39 is 5.97 Å². The van der Waals surface area contributed by atoms with Gasteiger partial charge in [-0.05, 0) is 6.92 Å². The van der Waals surface area contributed by atoms with E-state index in [1.165, 1.54) is 7.11 Å². The van der Waals surface area contributed by atoms with Gasteiger partial charge in [0.1, 0.15) is 0 Å². The molecule has 2 heterocycles. The number of nitrogens with zero attached hydrogens (tertiary/aromatic N) is 3. The van der Waals surface area contributed by atoms with Crippen LogP contribution in [0, 0.1) is 6.92 Å². The monoisotopic (exact) mass is 208 g/mol. The van der Waals surface area contributed by atoms with Crippen LogP contribution in [0.15, 0.2) is 10.6 Å². The van der Waals surface area contributed by atoms with Crippen molar-refractivity contribution in [3.05, 3.63) is 17.8 Å². The lowest BCUT2D eigenvalue weighted by atomic mass is 10.3. The molecule has 0 saturated carbocycles. The molecule has 0 unspecified atom stereocenters. The first-order valence-corrected chi connectivity index (χ1v) is 4.14. The second kappa shape index (κ2) is 3.52. The zero-order valence-electron chi connectivity index (χ0n) is 8.14. The van der Waals surface area contributed by atoms with Gasteiger partial charge in [0.05, 0.1) is 18.9 Å². The number of hydrogen-bond acceptors (Lipinski definition) is 6. The number of ether oxygens (including phenoxy) is 1. The average Bonchev–Trinajstić information content (AvgIpc) is 2.84. The van der Waals surface area contributed by atoms with Gasteiger partial charge in [-0.3, -0.25) is 5.10 Å². The van der Waals surface area contributed by atoms with Crippen LogP contribution in [0.25, 0.3) is 11.5 Å². The van der Waals surface area contributed by atoms with E-state index in [1.54, 1.807) is 6.20 Å². The Morgan fingerprint density at radius 2 is 2.33 bits per heavy atom. The summed E-state index contributed by atoms with van der Waals surface area (Å²) in [4.78, 5) is 11.0. The molecule has 2 aromatic heterocycles. The van der Waals surface area contributed by atoms with Gasteiger partial charge in [0.2, 0.25) is 0 Å². The van der Waals surface area contributed by atoms with Crippen LogP contribution in [0.3, 0.4) is 0 Å². The number of H-pyrrole nitrogens is 1. The Labute approximate surface area is 84.5 Å². The van der Waals surface area contributed by atoms with Crippen molar-refractivity contribution in [1.29, 1.82) is 0 Å². The van der Waals surface area contributed by atoms with Crippen LogP contribution in [0.5, 0.6) is 0 Å². The molecule has 0 fully saturated rings. The van der Waals surface area contributed by atoms with Crippen LogP contribution in [-0.4, -0.2) is 33.5 Å². The van der Waals surface area contributed by atoms with Gasteiger partial charge in [0.15, 0.2) is 0 Å². The molecule has 0 amide bonds. The summed E-state index contributed by atoms with van der Waals surface area (Å²) in [5, 5.41) is 13.8. The van der Waals surface area contributed by atoms with Gasteiger partial charge in [-0.2, -0.15) is 5.10 Å². The second-order valence-corrected chi connectivity index (χ2v) is 2.81. The van der Waals surface area contributed by atoms with E-state index >= 15 is 0 Å². The van der Waals surface area contributed by atoms with Gasteiger partial charge in [-0.25, -0.2) is 4.79 Å². The van der Waals surface area contributed by atoms with Gasteiger partial charge in [0, 0.05) is 5.69 Å². The lowest BCUT2D eigenvalue weighted by molar-refractivity contribution is 0.0556. The van der Waals surface area contributed by atoms with Crippen molar-refractivity contribution in [3.63, 3.8) is 0 Å². The predicted octanol–water partition coefficient (Wildman–Crippen LogP) is 0.555. The summed E-state index contributed by atoms with van der Waals surface area (Å²) < 4.78 is 9.54. The quantitative estimate of drug-likeness (QED) is 0.724. The molecule has 0 atom stereocenters. The van der Waals surface area contributed by atoms with E-state index in [0.29, 0.717) is 5.56 Å². The van der Waals surface area contributed by atoms with E-state index in [2.05, 4.69) is 25.1 Å². The molecule has 0 bridgehead atoms. The Morgan fingerprint density at radius 3 is 2.93 bits per heavy atom. The normalized spacial score (nSPS) is 10.3. The van der Waals surface area contributed by atoms with Gasteiger partial charge in [0.25, 0.3) is 5.89 Å². The van der Waals surface area contributed by atoms with Crippen molar-refractivity contribution < 1.29 is 13.9 Å². The Morgan fingerprint density at radius 1 is 1.53 bits per heavy atom. The lowest BCUT2D eigenvalue weighted by Crippen LogP contribution is -2.00. The van der Waals surface area contributed by atoms with Gasteiger partial charge in [-0.1, -0.05) is 0 Å². The second-order valence-electron chi connectivity index (χ2n) is 2.81. The molecule has 1 N–H and O–H groups in total. The smallest absolute Gasteiger partial charge is 0.396 e. The van der Waals surface area contributed by atoms with Gasteiger partial charge in [-0.15, -0.1) is 10.2 Å². The number of aromatic nitrogens is 4. The van der Waals surface area contributed by atoms with Crippen molar-refractivity contribution in [2.24, 2.45) is 0 Å². The molecule has 2 rings (SSSR count). The zero-order valence-corrected chi connectivity index (χ0v) is 8.14. The summed E-state index contributed by atoms with van der Waals surface area (Å²) in [6.45, 7) is 1.81. The summed E-state index contributed by atoms with van der Waals surface area (Å²) in [6.07, 6.45) is 1.55. The van der Waals surface area contributed by atoms with E-state index in [0.717, 1.165) is 5.69 Å². The highest BCUT2D eigenvalue weighted by atomic mass is 16.5. The molecule has 0 radical (unpaired) electrons. The molecule has 0 aliphatic heterocycles. The Kier molecular flexibility index (Phi) is 2.20. The Hall–Kier alpha value is -2.18. The fourth-order valence-corrected chi connectivity index (χ4v) is 1.07. The number of hydrogen-bond donors (Lipinski definition) is 1. The SMILES string of the molecule is COC(=O)c1nnc(-c2cn[nH]c2C)o1. The highest BCUT2D eigenvalue weighted by molar-refractivity contribution is 5.84. The molecule has 2 aromatic rings. The van der Waals surface area contributed by atoms with Crippen LogP contribution in [-0.2, 0) is 4.74 Å². The highest BCUT2D eigenvalue weighted by Crippen LogP contribution is 2.19. The highest BCUT2D eigenvalue weighted by Gasteiger charge is 2.17. The summed E-state index contributed by atoms with van der Waals surface area (Å²) in [6, 6.07) is 0. The fourth-order valence-electron chi connectivity index (χ4n) is 1.07. The van der Waals surface area contributed by atoms with E-state index in [-0.39, 0.29) is 11.8 Å². The number of carbonyl (C=O) groups is 1. The Bertz CT molecular complexity index is 488. The molecule has 7 heteroatoms. The zero-order chi connectivity index (χ0) is 10.8. The average molecular weight is 208 g/mol. The van der Waals surface area contributed by atoms with Crippen molar-refractivity contribution >= 4 is 5.97 Å². The molecule has 7 nitrogen and oxygen atoms in total. The minimum absolute atomic E-state index is 0.173. The Balaban J connectivity index is 2.36. The number of aryl methyl sites for hydroxylation is 1. The molecule has 0 spiro atoms. The van der Waals surface area contributed by atoms with Crippen LogP contribution in [0.4, 0.5) is 0 Å². The third-order valence-electron chi connectivity index (χ3n) is 1.85. The number of aromatic amines is 1. The molecular weight excluding hydrogens is 200 g/mol. The molecule has 0 aromatic carbocycles. The number of carbonyl (C=O) groups excluding carboxylic acids is 1. The maximum absolute atomic E-state index is 11.0. The minimum atomic E-state index is -0.658. The van der Waals surface area contributed by atoms with Crippen LogP contribution in [0.2, 0.25) is 0 Å². The van der Waals surface area contributed by atoms with Crippen molar-refractivity contribution in [1.82, 2.24) is 20.4 Å². The first-order valence-electron chi connectivity index (χ1n) is 4.14. The third-order valence-corrected chi connectivity index (χ3v) is 1.85. The molecule has 15 heavy (non-hydrogen) atoms. The first-order chi connectivity index (χ1) is 7.22. The summed E-state index contributed by atoms with van der Waals surface area (Å²) >= 11 is 0. The maximum Gasteiger partial charge on any atom is 0.396 e. The first kappa shape index (κ1) is 9.38. The van der Waals surface area contributed by atoms with Gasteiger partial charge >= 0.3 is 11.9 Å².